The summed E-state index contributed by atoms with van der Waals surface area (Å²) in [6, 6.07) is 13.3. The Morgan fingerprint density at radius 1 is 0.931 bits per heavy atom. The Bertz CT molecular complexity index is 1180. The third-order valence-electron chi connectivity index (χ3n) is 4.00. The number of sulfonamides is 1. The van der Waals surface area contributed by atoms with E-state index in [4.69, 9.17) is 11.6 Å². The second-order valence-corrected chi connectivity index (χ2v) is 8.23. The fourth-order valence-electron chi connectivity index (χ4n) is 2.64. The van der Waals surface area contributed by atoms with Crippen molar-refractivity contribution in [2.75, 3.05) is 10.0 Å². The topological polar surface area (TPSA) is 75.3 Å². The summed E-state index contributed by atoms with van der Waals surface area (Å²) in [5, 5.41) is 2.68. The summed E-state index contributed by atoms with van der Waals surface area (Å²) in [4.78, 5) is 12.2. The smallest absolute Gasteiger partial charge is 0.262 e. The van der Waals surface area contributed by atoms with Crippen LogP contribution < -0.4 is 10.0 Å². The van der Waals surface area contributed by atoms with Crippen LogP contribution in [-0.4, -0.2) is 14.3 Å². The van der Waals surface area contributed by atoms with Crippen molar-refractivity contribution < 1.29 is 22.0 Å². The molecule has 9 heteroatoms. The summed E-state index contributed by atoms with van der Waals surface area (Å²) in [5.41, 5.74) is -0.0152. The van der Waals surface area contributed by atoms with E-state index >= 15 is 0 Å². The SMILES string of the molecule is Cc1ccc(NC(=O)c2c(F)cccc2F)cc1S(=O)(=O)Nc1cccc(Cl)c1. The van der Waals surface area contributed by atoms with Crippen LogP contribution in [0, 0.1) is 18.6 Å². The lowest BCUT2D eigenvalue weighted by atomic mass is 10.1. The highest BCUT2D eigenvalue weighted by Gasteiger charge is 2.20. The maximum atomic E-state index is 13.8. The number of aryl methyl sites for hydroxylation is 1. The van der Waals surface area contributed by atoms with Gasteiger partial charge in [-0.15, -0.1) is 0 Å². The molecule has 3 aromatic rings. The molecule has 2 N–H and O–H groups in total. The second kappa shape index (κ2) is 8.18. The highest BCUT2D eigenvalue weighted by molar-refractivity contribution is 7.92. The molecule has 0 bridgehead atoms. The zero-order valence-electron chi connectivity index (χ0n) is 15.0. The van der Waals surface area contributed by atoms with Crippen LogP contribution in [0.2, 0.25) is 5.02 Å². The maximum Gasteiger partial charge on any atom is 0.262 e. The van der Waals surface area contributed by atoms with Gasteiger partial charge in [0.15, 0.2) is 0 Å². The van der Waals surface area contributed by atoms with Gasteiger partial charge in [-0.1, -0.05) is 29.8 Å². The lowest BCUT2D eigenvalue weighted by molar-refractivity contribution is 0.101. The molecule has 0 heterocycles. The summed E-state index contributed by atoms with van der Waals surface area (Å²) in [7, 11) is -4.01. The first-order valence-electron chi connectivity index (χ1n) is 8.32. The van der Waals surface area contributed by atoms with Gasteiger partial charge in [0.2, 0.25) is 0 Å². The molecule has 0 aliphatic carbocycles. The Labute approximate surface area is 171 Å². The molecule has 0 atom stereocenters. The molecule has 0 aliphatic heterocycles. The van der Waals surface area contributed by atoms with E-state index in [-0.39, 0.29) is 16.3 Å². The van der Waals surface area contributed by atoms with Crippen LogP contribution in [0.4, 0.5) is 20.2 Å². The van der Waals surface area contributed by atoms with E-state index in [1.807, 2.05) is 0 Å². The van der Waals surface area contributed by atoms with Gasteiger partial charge in [0, 0.05) is 10.7 Å². The predicted octanol–water partition coefficient (Wildman–Crippen LogP) is 4.98. The molecule has 1 amide bonds. The number of hydrogen-bond donors (Lipinski definition) is 2. The highest BCUT2D eigenvalue weighted by Crippen LogP contribution is 2.25. The van der Waals surface area contributed by atoms with E-state index in [0.717, 1.165) is 18.2 Å². The first-order chi connectivity index (χ1) is 13.7. The van der Waals surface area contributed by atoms with Gasteiger partial charge in [0.1, 0.15) is 17.2 Å². The molecule has 0 aliphatic rings. The summed E-state index contributed by atoms with van der Waals surface area (Å²) >= 11 is 5.87. The van der Waals surface area contributed by atoms with E-state index in [0.29, 0.717) is 10.6 Å². The Balaban J connectivity index is 1.91. The number of amides is 1. The molecule has 0 unspecified atom stereocenters. The van der Waals surface area contributed by atoms with Crippen LogP contribution in [0.5, 0.6) is 0 Å². The average Bonchev–Trinajstić information content (AvgIpc) is 2.62. The third kappa shape index (κ3) is 4.72. The molecule has 5 nitrogen and oxygen atoms in total. The number of nitrogens with one attached hydrogen (secondary N) is 2. The van der Waals surface area contributed by atoms with Crippen molar-refractivity contribution in [3.8, 4) is 0 Å². The van der Waals surface area contributed by atoms with Crippen molar-refractivity contribution in [3.05, 3.63) is 88.4 Å². The molecule has 0 aromatic heterocycles. The fraction of sp³-hybridized carbons (Fsp3) is 0.0500. The molecular weight excluding hydrogens is 422 g/mol. The zero-order valence-corrected chi connectivity index (χ0v) is 16.6. The maximum absolute atomic E-state index is 13.8. The molecule has 0 spiro atoms. The van der Waals surface area contributed by atoms with Crippen molar-refractivity contribution in [1.82, 2.24) is 0 Å². The van der Waals surface area contributed by atoms with E-state index in [1.54, 1.807) is 19.1 Å². The van der Waals surface area contributed by atoms with E-state index < -0.39 is 33.1 Å². The number of rotatable bonds is 5. The molecule has 3 aromatic carbocycles. The minimum Gasteiger partial charge on any atom is -0.322 e. The van der Waals surface area contributed by atoms with Crippen molar-refractivity contribution in [2.24, 2.45) is 0 Å². The van der Waals surface area contributed by atoms with Gasteiger partial charge in [-0.2, -0.15) is 0 Å². The molecule has 0 saturated heterocycles. The van der Waals surface area contributed by atoms with Gasteiger partial charge in [0.25, 0.3) is 15.9 Å². The fourth-order valence-corrected chi connectivity index (χ4v) is 4.15. The molecule has 0 saturated carbocycles. The van der Waals surface area contributed by atoms with Crippen LogP contribution in [0.3, 0.4) is 0 Å². The Kier molecular flexibility index (Phi) is 5.86. The number of carbonyl (C=O) groups excluding carboxylic acids is 1. The molecule has 0 radical (unpaired) electrons. The minimum atomic E-state index is -4.01. The lowest BCUT2D eigenvalue weighted by Crippen LogP contribution is -2.18. The second-order valence-electron chi connectivity index (χ2n) is 6.15. The van der Waals surface area contributed by atoms with Gasteiger partial charge in [-0.05, 0) is 55.0 Å². The van der Waals surface area contributed by atoms with Crippen molar-refractivity contribution in [2.45, 2.75) is 11.8 Å². The predicted molar refractivity (Wildman–Crippen MR) is 108 cm³/mol. The zero-order chi connectivity index (χ0) is 21.2. The third-order valence-corrected chi connectivity index (χ3v) is 5.76. The number of halogens is 3. The van der Waals surface area contributed by atoms with Crippen LogP contribution in [0.25, 0.3) is 0 Å². The normalized spacial score (nSPS) is 11.2. The van der Waals surface area contributed by atoms with E-state index in [2.05, 4.69) is 10.0 Å². The number of hydrogen-bond acceptors (Lipinski definition) is 3. The van der Waals surface area contributed by atoms with Crippen molar-refractivity contribution in [1.29, 1.82) is 0 Å². The van der Waals surface area contributed by atoms with Crippen molar-refractivity contribution >= 4 is 38.9 Å². The Morgan fingerprint density at radius 2 is 1.59 bits per heavy atom. The van der Waals surface area contributed by atoms with Crippen molar-refractivity contribution in [3.63, 3.8) is 0 Å². The molecule has 3 rings (SSSR count). The minimum absolute atomic E-state index is 0.0646. The summed E-state index contributed by atoms with van der Waals surface area (Å²) in [6.07, 6.45) is 0. The Morgan fingerprint density at radius 3 is 2.24 bits per heavy atom. The first-order valence-corrected chi connectivity index (χ1v) is 10.2. The lowest BCUT2D eigenvalue weighted by Gasteiger charge is -2.13. The molecule has 29 heavy (non-hydrogen) atoms. The van der Waals surface area contributed by atoms with Crippen LogP contribution >= 0.6 is 11.6 Å². The van der Waals surface area contributed by atoms with Crippen LogP contribution in [0.1, 0.15) is 15.9 Å². The van der Waals surface area contributed by atoms with Gasteiger partial charge in [-0.25, -0.2) is 17.2 Å². The molecule has 0 fully saturated rings. The number of benzene rings is 3. The highest BCUT2D eigenvalue weighted by atomic mass is 35.5. The molecule has 150 valence electrons. The summed E-state index contributed by atoms with van der Waals surface area (Å²) in [6.45, 7) is 1.58. The van der Waals surface area contributed by atoms with Crippen LogP contribution in [-0.2, 0) is 10.0 Å². The van der Waals surface area contributed by atoms with Gasteiger partial charge < -0.3 is 5.32 Å². The monoisotopic (exact) mass is 436 g/mol. The first kappa shape index (κ1) is 20.8. The summed E-state index contributed by atoms with van der Waals surface area (Å²) < 4.78 is 55.5. The van der Waals surface area contributed by atoms with Crippen LogP contribution in [0.15, 0.2) is 65.6 Å². The largest absolute Gasteiger partial charge is 0.322 e. The van der Waals surface area contributed by atoms with Gasteiger partial charge >= 0.3 is 0 Å². The standard InChI is InChI=1S/C20H15ClF2N2O3S/c1-12-8-9-14(24-20(26)19-16(22)6-3-7-17(19)23)11-18(12)29(27,28)25-15-5-2-4-13(21)10-15/h2-11,25H,1H3,(H,24,26). The summed E-state index contributed by atoms with van der Waals surface area (Å²) in [5.74, 6) is -3.08. The van der Waals surface area contributed by atoms with E-state index in [9.17, 15) is 22.0 Å². The molecular formula is C20H15ClF2N2O3S. The average molecular weight is 437 g/mol. The van der Waals surface area contributed by atoms with Gasteiger partial charge in [-0.3, -0.25) is 9.52 Å². The van der Waals surface area contributed by atoms with Gasteiger partial charge in [0.05, 0.1) is 10.6 Å². The number of carbonyl (C=O) groups is 1. The van der Waals surface area contributed by atoms with E-state index in [1.165, 1.54) is 30.3 Å². The quantitative estimate of drug-likeness (QED) is 0.592. The number of anilines is 2. The Hall–Kier alpha value is -2.97.